The third kappa shape index (κ3) is 3.41. The van der Waals surface area contributed by atoms with Gasteiger partial charge in [0.1, 0.15) is 5.54 Å². The van der Waals surface area contributed by atoms with Gasteiger partial charge in [0.25, 0.3) is 5.91 Å². The summed E-state index contributed by atoms with van der Waals surface area (Å²) in [6, 6.07) is 3.45. The summed E-state index contributed by atoms with van der Waals surface area (Å²) >= 11 is 1.30. The second-order valence-electron chi connectivity index (χ2n) is 5.47. The monoisotopic (exact) mass is 310 g/mol. The Morgan fingerprint density at radius 3 is 2.62 bits per heavy atom. The van der Waals surface area contributed by atoms with Crippen molar-refractivity contribution in [2.24, 2.45) is 5.92 Å². The van der Waals surface area contributed by atoms with Gasteiger partial charge in [-0.05, 0) is 37.1 Å². The molecular weight excluding hydrogens is 292 g/mol. The number of nitrogens with zero attached hydrogens (tertiary/aromatic N) is 1. The second-order valence-corrected chi connectivity index (χ2v) is 6.42. The molecule has 7 heteroatoms. The van der Waals surface area contributed by atoms with Crippen LogP contribution in [0.15, 0.2) is 17.5 Å². The van der Waals surface area contributed by atoms with Gasteiger partial charge < -0.3 is 15.3 Å². The van der Waals surface area contributed by atoms with E-state index in [9.17, 15) is 19.5 Å². The number of carboxylic acid groups (broad SMARTS) is 1. The Hall–Kier alpha value is -1.89. The number of nitrogens with one attached hydrogen (secondary N) is 1. The molecule has 2 amide bonds. The van der Waals surface area contributed by atoms with E-state index in [0.29, 0.717) is 4.88 Å². The predicted octanol–water partition coefficient (Wildman–Crippen LogP) is 1.19. The van der Waals surface area contributed by atoms with Gasteiger partial charge in [0, 0.05) is 7.05 Å². The summed E-state index contributed by atoms with van der Waals surface area (Å²) < 4.78 is 0. The molecule has 1 saturated carbocycles. The minimum Gasteiger partial charge on any atom is -0.480 e. The van der Waals surface area contributed by atoms with Gasteiger partial charge in [-0.2, -0.15) is 0 Å². The number of hydrogen-bond acceptors (Lipinski definition) is 4. The molecule has 114 valence electrons. The van der Waals surface area contributed by atoms with Gasteiger partial charge in [-0.15, -0.1) is 11.3 Å². The maximum Gasteiger partial charge on any atom is 0.329 e. The molecular formula is C14H18N2O4S. The van der Waals surface area contributed by atoms with Crippen molar-refractivity contribution in [3.8, 4) is 0 Å². The van der Waals surface area contributed by atoms with Gasteiger partial charge in [0.2, 0.25) is 5.91 Å². The Morgan fingerprint density at radius 1 is 1.48 bits per heavy atom. The van der Waals surface area contributed by atoms with Gasteiger partial charge in [0.15, 0.2) is 0 Å². The van der Waals surface area contributed by atoms with E-state index in [1.807, 2.05) is 0 Å². The molecule has 0 saturated heterocycles. The molecule has 1 heterocycles. The molecule has 1 aliphatic carbocycles. The largest absolute Gasteiger partial charge is 0.480 e. The lowest BCUT2D eigenvalue weighted by Crippen LogP contribution is -2.56. The zero-order valence-electron chi connectivity index (χ0n) is 12.0. The molecule has 1 unspecified atom stereocenters. The quantitative estimate of drug-likeness (QED) is 0.826. The van der Waals surface area contributed by atoms with Crippen LogP contribution < -0.4 is 5.32 Å². The van der Waals surface area contributed by atoms with Crippen LogP contribution in [0.25, 0.3) is 0 Å². The SMILES string of the molecule is CN(CC(=O)NC(C)(C(=O)O)C1CC1)C(=O)c1cccs1. The van der Waals surface area contributed by atoms with Crippen LogP contribution in [0.3, 0.4) is 0 Å². The van der Waals surface area contributed by atoms with Crippen LogP contribution in [0.4, 0.5) is 0 Å². The minimum atomic E-state index is -1.25. The number of carboxylic acids is 1. The van der Waals surface area contributed by atoms with Crippen LogP contribution in [-0.2, 0) is 9.59 Å². The first-order chi connectivity index (χ1) is 9.84. The number of rotatable bonds is 6. The topological polar surface area (TPSA) is 86.7 Å². The van der Waals surface area contributed by atoms with E-state index < -0.39 is 17.4 Å². The molecule has 1 aromatic heterocycles. The molecule has 1 atom stereocenters. The molecule has 1 aromatic rings. The third-order valence-electron chi connectivity index (χ3n) is 3.70. The summed E-state index contributed by atoms with van der Waals surface area (Å²) in [5.74, 6) is -1.77. The maximum atomic E-state index is 12.0. The Bertz CT molecular complexity index is 553. The molecule has 0 aromatic carbocycles. The number of likely N-dealkylation sites (N-methyl/N-ethyl adjacent to an activating group) is 1. The highest BCUT2D eigenvalue weighted by Gasteiger charge is 2.48. The van der Waals surface area contributed by atoms with Crippen molar-refractivity contribution in [1.82, 2.24) is 10.2 Å². The number of aliphatic carboxylic acids is 1. The van der Waals surface area contributed by atoms with Crippen molar-refractivity contribution >= 4 is 29.1 Å². The van der Waals surface area contributed by atoms with Gasteiger partial charge in [-0.1, -0.05) is 6.07 Å². The molecule has 0 radical (unpaired) electrons. The normalized spacial score (nSPS) is 16.9. The van der Waals surface area contributed by atoms with E-state index >= 15 is 0 Å². The Kier molecular flexibility index (Phi) is 4.32. The van der Waals surface area contributed by atoms with Crippen LogP contribution in [0, 0.1) is 5.92 Å². The van der Waals surface area contributed by atoms with Crippen molar-refractivity contribution in [1.29, 1.82) is 0 Å². The highest BCUT2D eigenvalue weighted by Crippen LogP contribution is 2.39. The van der Waals surface area contributed by atoms with Crippen molar-refractivity contribution in [2.45, 2.75) is 25.3 Å². The number of thiophene rings is 1. The molecule has 21 heavy (non-hydrogen) atoms. The average molecular weight is 310 g/mol. The molecule has 2 N–H and O–H groups in total. The Morgan fingerprint density at radius 2 is 2.14 bits per heavy atom. The first kappa shape index (κ1) is 15.5. The second kappa shape index (κ2) is 5.85. The van der Waals surface area contributed by atoms with Gasteiger partial charge >= 0.3 is 5.97 Å². The summed E-state index contributed by atoms with van der Waals surface area (Å²) in [4.78, 5) is 37.2. The van der Waals surface area contributed by atoms with E-state index in [4.69, 9.17) is 0 Å². The standard InChI is InChI=1S/C14H18N2O4S/c1-14(13(19)20,9-5-6-9)15-11(17)8-16(2)12(18)10-4-3-7-21-10/h3-4,7,9H,5-6,8H2,1-2H3,(H,15,17)(H,19,20). The highest BCUT2D eigenvalue weighted by atomic mass is 32.1. The van der Waals surface area contributed by atoms with Crippen molar-refractivity contribution < 1.29 is 19.5 Å². The van der Waals surface area contributed by atoms with E-state index in [1.165, 1.54) is 30.2 Å². The van der Waals surface area contributed by atoms with E-state index in [2.05, 4.69) is 5.32 Å². The summed E-state index contributed by atoms with van der Waals surface area (Å²) in [5.41, 5.74) is -1.25. The fourth-order valence-corrected chi connectivity index (χ4v) is 2.91. The van der Waals surface area contributed by atoms with Gasteiger partial charge in [-0.25, -0.2) is 4.79 Å². The Balaban J connectivity index is 1.95. The number of carbonyl (C=O) groups is 3. The summed E-state index contributed by atoms with van der Waals surface area (Å²) in [7, 11) is 1.52. The molecule has 1 aliphatic rings. The lowest BCUT2D eigenvalue weighted by Gasteiger charge is -2.27. The number of carbonyl (C=O) groups excluding carboxylic acids is 2. The number of hydrogen-bond donors (Lipinski definition) is 2. The minimum absolute atomic E-state index is 0.0303. The van der Waals surface area contributed by atoms with E-state index in [-0.39, 0.29) is 18.4 Å². The van der Waals surface area contributed by atoms with Crippen molar-refractivity contribution in [3.63, 3.8) is 0 Å². The molecule has 0 spiro atoms. The zero-order valence-corrected chi connectivity index (χ0v) is 12.8. The molecule has 2 rings (SSSR count). The molecule has 6 nitrogen and oxygen atoms in total. The lowest BCUT2D eigenvalue weighted by molar-refractivity contribution is -0.148. The van der Waals surface area contributed by atoms with Crippen molar-refractivity contribution in [2.75, 3.05) is 13.6 Å². The molecule has 0 aliphatic heterocycles. The van der Waals surface area contributed by atoms with Crippen LogP contribution in [0.5, 0.6) is 0 Å². The maximum absolute atomic E-state index is 12.0. The fraction of sp³-hybridized carbons (Fsp3) is 0.500. The first-order valence-corrected chi connectivity index (χ1v) is 7.56. The fourth-order valence-electron chi connectivity index (χ4n) is 2.20. The summed E-state index contributed by atoms with van der Waals surface area (Å²) in [6.45, 7) is 1.36. The summed E-state index contributed by atoms with van der Waals surface area (Å²) in [6.07, 6.45) is 1.60. The average Bonchev–Trinajstić information content (AvgIpc) is 3.13. The van der Waals surface area contributed by atoms with Crippen molar-refractivity contribution in [3.05, 3.63) is 22.4 Å². The summed E-state index contributed by atoms with van der Waals surface area (Å²) in [5, 5.41) is 13.6. The smallest absolute Gasteiger partial charge is 0.329 e. The molecule has 0 bridgehead atoms. The van der Waals surface area contributed by atoms with Crippen LogP contribution in [0.2, 0.25) is 0 Å². The van der Waals surface area contributed by atoms with Gasteiger partial charge in [0.05, 0.1) is 11.4 Å². The zero-order chi connectivity index (χ0) is 15.6. The highest BCUT2D eigenvalue weighted by molar-refractivity contribution is 7.12. The predicted molar refractivity (Wildman–Crippen MR) is 78.2 cm³/mol. The van der Waals surface area contributed by atoms with E-state index in [1.54, 1.807) is 17.5 Å². The van der Waals surface area contributed by atoms with Crippen LogP contribution >= 0.6 is 11.3 Å². The molecule has 1 fully saturated rings. The number of amides is 2. The Labute approximate surface area is 126 Å². The van der Waals surface area contributed by atoms with E-state index in [0.717, 1.165) is 12.8 Å². The lowest BCUT2D eigenvalue weighted by atomic mass is 9.96. The first-order valence-electron chi connectivity index (χ1n) is 6.68. The van der Waals surface area contributed by atoms with Crippen LogP contribution in [-0.4, -0.2) is 46.9 Å². The van der Waals surface area contributed by atoms with Gasteiger partial charge in [-0.3, -0.25) is 9.59 Å². The van der Waals surface area contributed by atoms with Crippen LogP contribution in [0.1, 0.15) is 29.4 Å². The third-order valence-corrected chi connectivity index (χ3v) is 4.55.